The van der Waals surface area contributed by atoms with Crippen LogP contribution in [0.1, 0.15) is 33.6 Å². The van der Waals surface area contributed by atoms with Gasteiger partial charge in [-0.15, -0.1) is 0 Å². The van der Waals surface area contributed by atoms with Gasteiger partial charge in [0.05, 0.1) is 4.75 Å². The summed E-state index contributed by atoms with van der Waals surface area (Å²) < 4.78 is 21.8. The summed E-state index contributed by atoms with van der Waals surface area (Å²) >= 11 is 0. The maximum Gasteiger partial charge on any atom is 0.221 e. The first-order chi connectivity index (χ1) is 7.10. The van der Waals surface area contributed by atoms with Crippen LogP contribution in [0.15, 0.2) is 0 Å². The van der Waals surface area contributed by atoms with E-state index in [1.807, 2.05) is 6.92 Å². The maximum absolute atomic E-state index is 11.4. The second-order valence-corrected chi connectivity index (χ2v) is 7.33. The van der Waals surface area contributed by atoms with Crippen LogP contribution in [0.3, 0.4) is 0 Å². The Morgan fingerprint density at radius 1 is 1.44 bits per heavy atom. The van der Waals surface area contributed by atoms with E-state index in [-0.39, 0.29) is 24.9 Å². The molecule has 1 amide bonds. The normalized spacial score (nSPS) is 14.6. The molecule has 0 fully saturated rings. The Hall–Kier alpha value is -0.620. The molecule has 0 rings (SSSR count). The topological polar surface area (TPSA) is 89.3 Å². The van der Waals surface area contributed by atoms with Crippen molar-refractivity contribution in [2.75, 3.05) is 12.8 Å². The van der Waals surface area contributed by atoms with Gasteiger partial charge < -0.3 is 11.1 Å². The minimum atomic E-state index is -3.18. The summed E-state index contributed by atoms with van der Waals surface area (Å²) in [6, 6.07) is -0.165. The molecule has 1 unspecified atom stereocenters. The molecule has 6 heteroatoms. The van der Waals surface area contributed by atoms with Gasteiger partial charge >= 0.3 is 0 Å². The highest BCUT2D eigenvalue weighted by Gasteiger charge is 2.30. The Morgan fingerprint density at radius 2 is 1.94 bits per heavy atom. The number of amides is 1. The van der Waals surface area contributed by atoms with Crippen LogP contribution in [-0.4, -0.2) is 37.9 Å². The van der Waals surface area contributed by atoms with Gasteiger partial charge in [-0.1, -0.05) is 6.92 Å². The van der Waals surface area contributed by atoms with E-state index in [1.165, 1.54) is 0 Å². The predicted molar refractivity (Wildman–Crippen MR) is 64.8 cm³/mol. The third-order valence-corrected chi connectivity index (χ3v) is 4.84. The Bertz CT molecular complexity index is 336. The average Bonchev–Trinajstić information content (AvgIpc) is 2.13. The smallest absolute Gasteiger partial charge is 0.221 e. The molecule has 0 aromatic heterocycles. The number of rotatable bonds is 6. The average molecular weight is 250 g/mol. The number of carbonyl (C=O) groups is 1. The molecule has 0 saturated heterocycles. The second kappa shape index (κ2) is 5.63. The van der Waals surface area contributed by atoms with Crippen molar-refractivity contribution >= 4 is 15.7 Å². The lowest BCUT2D eigenvalue weighted by Gasteiger charge is -2.23. The highest BCUT2D eigenvalue weighted by molar-refractivity contribution is 7.92. The first-order valence-corrected chi connectivity index (χ1v) is 7.21. The number of hydrogen-bond acceptors (Lipinski definition) is 4. The summed E-state index contributed by atoms with van der Waals surface area (Å²) in [6.45, 7) is 5.18. The molecule has 1 atom stereocenters. The molecule has 0 aromatic rings. The minimum Gasteiger partial charge on any atom is -0.354 e. The predicted octanol–water partition coefficient (Wildman–Crippen LogP) is 0.0532. The molecule has 16 heavy (non-hydrogen) atoms. The molecule has 0 aromatic carbocycles. The zero-order chi connectivity index (χ0) is 13.0. The second-order valence-electron chi connectivity index (χ2n) is 4.68. The van der Waals surface area contributed by atoms with Gasteiger partial charge in [0.25, 0.3) is 0 Å². The van der Waals surface area contributed by atoms with E-state index in [2.05, 4.69) is 5.32 Å². The van der Waals surface area contributed by atoms with Gasteiger partial charge in [-0.3, -0.25) is 4.79 Å². The fourth-order valence-corrected chi connectivity index (χ4v) is 1.23. The van der Waals surface area contributed by atoms with Crippen LogP contribution >= 0.6 is 0 Å². The fraction of sp³-hybridized carbons (Fsp3) is 0.900. The summed E-state index contributed by atoms with van der Waals surface area (Å²) in [6.07, 6.45) is 2.12. The van der Waals surface area contributed by atoms with E-state index in [0.29, 0.717) is 0 Å². The third kappa shape index (κ3) is 4.94. The fourth-order valence-electron chi connectivity index (χ4n) is 0.897. The van der Waals surface area contributed by atoms with Gasteiger partial charge in [0.1, 0.15) is 0 Å². The molecule has 0 spiro atoms. The Morgan fingerprint density at radius 3 is 2.31 bits per heavy atom. The minimum absolute atomic E-state index is 0.112. The number of nitrogens with one attached hydrogen (secondary N) is 1. The Balaban J connectivity index is 4.21. The van der Waals surface area contributed by atoms with Crippen LogP contribution in [0.4, 0.5) is 0 Å². The van der Waals surface area contributed by atoms with Crippen LogP contribution in [-0.2, 0) is 14.6 Å². The zero-order valence-electron chi connectivity index (χ0n) is 10.4. The third-order valence-electron chi connectivity index (χ3n) is 2.69. The van der Waals surface area contributed by atoms with E-state index < -0.39 is 14.6 Å². The standard InChI is InChI=1S/C10H22N2O3S/c1-5-8(11)6-9(13)12-7-10(2,3)16(4,14)15/h8H,5-7,11H2,1-4H3,(H,12,13). The monoisotopic (exact) mass is 250 g/mol. The lowest BCUT2D eigenvalue weighted by molar-refractivity contribution is -0.121. The lowest BCUT2D eigenvalue weighted by Crippen LogP contribution is -2.44. The van der Waals surface area contributed by atoms with Crippen LogP contribution < -0.4 is 11.1 Å². The Labute approximate surface area is 97.7 Å². The molecular weight excluding hydrogens is 228 g/mol. The van der Waals surface area contributed by atoms with Crippen LogP contribution in [0.2, 0.25) is 0 Å². The first kappa shape index (κ1) is 15.4. The van der Waals surface area contributed by atoms with Crippen molar-refractivity contribution in [2.24, 2.45) is 5.73 Å². The molecule has 5 nitrogen and oxygen atoms in total. The van der Waals surface area contributed by atoms with Crippen molar-refractivity contribution in [1.82, 2.24) is 5.32 Å². The van der Waals surface area contributed by atoms with Crippen molar-refractivity contribution in [2.45, 2.75) is 44.4 Å². The molecule has 0 aliphatic rings. The largest absolute Gasteiger partial charge is 0.354 e. The van der Waals surface area contributed by atoms with Gasteiger partial charge in [-0.05, 0) is 20.3 Å². The van der Waals surface area contributed by atoms with E-state index in [1.54, 1.807) is 13.8 Å². The molecule has 3 N–H and O–H groups in total. The molecule has 96 valence electrons. The maximum atomic E-state index is 11.4. The van der Waals surface area contributed by atoms with Crippen molar-refractivity contribution < 1.29 is 13.2 Å². The van der Waals surface area contributed by atoms with Gasteiger partial charge in [0.2, 0.25) is 5.91 Å². The summed E-state index contributed by atoms with van der Waals surface area (Å²) in [7, 11) is -3.18. The summed E-state index contributed by atoms with van der Waals surface area (Å²) in [4.78, 5) is 11.4. The number of nitrogens with two attached hydrogens (primary N) is 1. The highest BCUT2D eigenvalue weighted by atomic mass is 32.2. The van der Waals surface area contributed by atoms with Gasteiger partial charge in [-0.25, -0.2) is 8.42 Å². The van der Waals surface area contributed by atoms with Crippen molar-refractivity contribution in [1.29, 1.82) is 0 Å². The van der Waals surface area contributed by atoms with Crippen LogP contribution in [0.25, 0.3) is 0 Å². The summed E-state index contributed by atoms with van der Waals surface area (Å²) in [5.74, 6) is -0.203. The SMILES string of the molecule is CCC(N)CC(=O)NCC(C)(C)S(C)(=O)=O. The van der Waals surface area contributed by atoms with Gasteiger partial charge in [0, 0.05) is 25.3 Å². The van der Waals surface area contributed by atoms with Crippen molar-refractivity contribution in [3.05, 3.63) is 0 Å². The summed E-state index contributed by atoms with van der Waals surface area (Å²) in [5, 5.41) is 2.60. The van der Waals surface area contributed by atoms with Crippen molar-refractivity contribution in [3.63, 3.8) is 0 Å². The number of carbonyl (C=O) groups excluding carboxylic acids is 1. The van der Waals surface area contributed by atoms with Crippen molar-refractivity contribution in [3.8, 4) is 0 Å². The molecule has 0 saturated carbocycles. The van der Waals surface area contributed by atoms with E-state index in [4.69, 9.17) is 5.73 Å². The molecule has 0 bridgehead atoms. The Kier molecular flexibility index (Phi) is 5.41. The first-order valence-electron chi connectivity index (χ1n) is 5.32. The lowest BCUT2D eigenvalue weighted by atomic mass is 10.1. The summed E-state index contributed by atoms with van der Waals surface area (Å²) in [5.41, 5.74) is 5.62. The molecule has 0 heterocycles. The van der Waals surface area contributed by atoms with Gasteiger partial charge in [-0.2, -0.15) is 0 Å². The molecule has 0 aliphatic carbocycles. The highest BCUT2D eigenvalue weighted by Crippen LogP contribution is 2.13. The van der Waals surface area contributed by atoms with E-state index in [9.17, 15) is 13.2 Å². The van der Waals surface area contributed by atoms with E-state index in [0.717, 1.165) is 12.7 Å². The van der Waals surface area contributed by atoms with Crippen LogP contribution in [0, 0.1) is 0 Å². The molecule has 0 aliphatic heterocycles. The zero-order valence-corrected chi connectivity index (χ0v) is 11.2. The van der Waals surface area contributed by atoms with Gasteiger partial charge in [0.15, 0.2) is 9.84 Å². The number of hydrogen-bond donors (Lipinski definition) is 2. The number of sulfone groups is 1. The van der Waals surface area contributed by atoms with E-state index >= 15 is 0 Å². The quantitative estimate of drug-likeness (QED) is 0.697. The van der Waals surface area contributed by atoms with Crippen LogP contribution in [0.5, 0.6) is 0 Å². The molecule has 0 radical (unpaired) electrons. The molecular formula is C10H22N2O3S.